The molecule has 2 aliphatic rings. The molecule has 5 rings (SSSR count). The minimum Gasteiger partial charge on any atom is -0.497 e. The van der Waals surface area contributed by atoms with Crippen molar-refractivity contribution in [2.24, 2.45) is 0 Å². The van der Waals surface area contributed by atoms with Gasteiger partial charge in [-0.1, -0.05) is 12.1 Å². The maximum atomic E-state index is 13.7. The fourth-order valence-corrected chi connectivity index (χ4v) is 4.93. The number of aryl methyl sites for hydroxylation is 2. The molecule has 0 saturated carbocycles. The van der Waals surface area contributed by atoms with Gasteiger partial charge in [0.2, 0.25) is 5.76 Å². The van der Waals surface area contributed by atoms with Gasteiger partial charge in [-0.15, -0.1) is 0 Å². The van der Waals surface area contributed by atoms with Crippen LogP contribution in [0.4, 0.5) is 0 Å². The van der Waals surface area contributed by atoms with Crippen molar-refractivity contribution < 1.29 is 18.7 Å². The minimum absolute atomic E-state index is 0.135. The smallest absolute Gasteiger partial charge is 0.290 e. The van der Waals surface area contributed by atoms with Gasteiger partial charge in [0.05, 0.1) is 37.3 Å². The lowest BCUT2D eigenvalue weighted by Crippen LogP contribution is -2.38. The number of rotatable bonds is 6. The average molecular weight is 463 g/mol. The molecule has 1 aromatic heterocycles. The molecule has 1 amide bonds. The summed E-state index contributed by atoms with van der Waals surface area (Å²) in [6.07, 6.45) is 0.804. The Kier molecular flexibility index (Phi) is 6.15. The molecule has 1 atom stereocenters. The molecule has 7 nitrogen and oxygen atoms in total. The van der Waals surface area contributed by atoms with Crippen molar-refractivity contribution >= 4 is 16.9 Å². The first-order chi connectivity index (χ1) is 16.5. The number of morpholine rings is 1. The Morgan fingerprint density at radius 3 is 2.41 bits per heavy atom. The van der Waals surface area contributed by atoms with E-state index < -0.39 is 6.04 Å². The molecule has 0 aliphatic carbocycles. The van der Waals surface area contributed by atoms with Crippen molar-refractivity contribution in [3.8, 4) is 5.75 Å². The van der Waals surface area contributed by atoms with Crippen molar-refractivity contribution in [2.75, 3.05) is 46.5 Å². The number of ether oxygens (including phenoxy) is 2. The van der Waals surface area contributed by atoms with Gasteiger partial charge in [0.25, 0.3) is 5.91 Å². The van der Waals surface area contributed by atoms with Gasteiger partial charge in [-0.25, -0.2) is 0 Å². The van der Waals surface area contributed by atoms with Crippen molar-refractivity contribution in [3.63, 3.8) is 0 Å². The number of nitrogens with zero attached hydrogens (tertiary/aromatic N) is 2. The Balaban J connectivity index is 1.55. The summed E-state index contributed by atoms with van der Waals surface area (Å²) < 4.78 is 16.9. The van der Waals surface area contributed by atoms with Gasteiger partial charge >= 0.3 is 0 Å². The minimum atomic E-state index is -0.486. The van der Waals surface area contributed by atoms with E-state index in [1.54, 1.807) is 12.0 Å². The van der Waals surface area contributed by atoms with E-state index in [2.05, 4.69) is 4.90 Å². The van der Waals surface area contributed by atoms with Crippen molar-refractivity contribution in [1.82, 2.24) is 9.80 Å². The standard InChI is InChI=1S/C27H30N2O5/c1-17-15-21-22(16-18(17)2)34-26-23(25(21)30)24(19-5-7-20(32-3)8-6-19)29(27(26)31)10-4-9-28-11-13-33-14-12-28/h5-8,15-16,24H,4,9-14H2,1-3H3/t24-/m0/s1. The van der Waals surface area contributed by atoms with Crippen LogP contribution in [0.2, 0.25) is 0 Å². The third kappa shape index (κ3) is 3.99. The zero-order chi connectivity index (χ0) is 23.8. The first-order valence-electron chi connectivity index (χ1n) is 11.8. The SMILES string of the molecule is COc1ccc([C@H]2c3c(oc4cc(C)c(C)cc4c3=O)C(=O)N2CCCN2CCOCC2)cc1. The zero-order valence-electron chi connectivity index (χ0n) is 19.9. The number of amides is 1. The quantitative estimate of drug-likeness (QED) is 0.557. The molecule has 0 N–H and O–H groups in total. The maximum Gasteiger partial charge on any atom is 0.290 e. The third-order valence-corrected chi connectivity index (χ3v) is 6.99. The Morgan fingerprint density at radius 1 is 1.00 bits per heavy atom. The molecule has 178 valence electrons. The van der Waals surface area contributed by atoms with Crippen molar-refractivity contribution in [3.05, 3.63) is 74.6 Å². The normalized spacial score (nSPS) is 18.5. The monoisotopic (exact) mass is 462 g/mol. The van der Waals surface area contributed by atoms with Gasteiger partial charge in [-0.3, -0.25) is 14.5 Å². The van der Waals surface area contributed by atoms with E-state index in [0.29, 0.717) is 23.1 Å². The van der Waals surface area contributed by atoms with E-state index in [1.807, 2.05) is 50.2 Å². The van der Waals surface area contributed by atoms with Crippen LogP contribution in [0.25, 0.3) is 11.0 Å². The van der Waals surface area contributed by atoms with Crippen molar-refractivity contribution in [1.29, 1.82) is 0 Å². The predicted molar refractivity (Wildman–Crippen MR) is 130 cm³/mol. The second-order valence-electron chi connectivity index (χ2n) is 9.09. The van der Waals surface area contributed by atoms with E-state index in [9.17, 15) is 9.59 Å². The van der Waals surface area contributed by atoms with Gasteiger partial charge in [0, 0.05) is 26.2 Å². The Hall–Kier alpha value is -3.16. The van der Waals surface area contributed by atoms with Crippen LogP contribution in [0.15, 0.2) is 45.6 Å². The lowest BCUT2D eigenvalue weighted by molar-refractivity contribution is 0.0353. The summed E-state index contributed by atoms with van der Waals surface area (Å²) in [6, 6.07) is 10.8. The Bertz CT molecular complexity index is 1270. The number of carbonyl (C=O) groups is 1. The van der Waals surface area contributed by atoms with Gasteiger partial charge in [0.1, 0.15) is 11.3 Å². The van der Waals surface area contributed by atoms with E-state index in [-0.39, 0.29) is 17.1 Å². The predicted octanol–water partition coefficient (Wildman–Crippen LogP) is 3.69. The molecule has 0 radical (unpaired) electrons. The molecule has 3 aromatic rings. The van der Waals surface area contributed by atoms with Crippen LogP contribution >= 0.6 is 0 Å². The highest BCUT2D eigenvalue weighted by Gasteiger charge is 2.42. The molecule has 7 heteroatoms. The highest BCUT2D eigenvalue weighted by atomic mass is 16.5. The molecule has 1 fully saturated rings. The van der Waals surface area contributed by atoms with E-state index in [4.69, 9.17) is 13.9 Å². The molecule has 2 aromatic carbocycles. The van der Waals surface area contributed by atoms with Gasteiger partial charge in [-0.2, -0.15) is 0 Å². The van der Waals surface area contributed by atoms with Crippen LogP contribution in [0.3, 0.4) is 0 Å². The average Bonchev–Trinajstić information content (AvgIpc) is 3.13. The first kappa shape index (κ1) is 22.6. The second-order valence-corrected chi connectivity index (χ2v) is 9.09. The lowest BCUT2D eigenvalue weighted by atomic mass is 9.97. The summed E-state index contributed by atoms with van der Waals surface area (Å²) in [5.74, 6) is 0.659. The fourth-order valence-electron chi connectivity index (χ4n) is 4.93. The zero-order valence-corrected chi connectivity index (χ0v) is 19.9. The summed E-state index contributed by atoms with van der Waals surface area (Å²) in [6.45, 7) is 8.65. The molecule has 1 saturated heterocycles. The van der Waals surface area contributed by atoms with Crippen LogP contribution in [-0.4, -0.2) is 62.2 Å². The Labute approximate surface area is 198 Å². The number of benzene rings is 2. The van der Waals surface area contributed by atoms with Gasteiger partial charge < -0.3 is 18.8 Å². The first-order valence-corrected chi connectivity index (χ1v) is 11.8. The number of fused-ring (bicyclic) bond motifs is 2. The molecule has 0 bridgehead atoms. The number of hydrogen-bond donors (Lipinski definition) is 0. The Morgan fingerprint density at radius 2 is 1.71 bits per heavy atom. The molecule has 3 heterocycles. The molecule has 0 unspecified atom stereocenters. The number of hydrogen-bond acceptors (Lipinski definition) is 6. The molecular formula is C27H30N2O5. The highest BCUT2D eigenvalue weighted by molar-refractivity contribution is 5.99. The molecule has 0 spiro atoms. The summed E-state index contributed by atoms with van der Waals surface area (Å²) in [4.78, 5) is 31.4. The van der Waals surface area contributed by atoms with Crippen LogP contribution in [0.1, 0.15) is 45.3 Å². The van der Waals surface area contributed by atoms with Gasteiger partial charge in [0.15, 0.2) is 5.43 Å². The van der Waals surface area contributed by atoms with Crippen LogP contribution in [-0.2, 0) is 4.74 Å². The maximum absolute atomic E-state index is 13.7. The summed E-state index contributed by atoms with van der Waals surface area (Å²) in [5.41, 5.74) is 3.67. The third-order valence-electron chi connectivity index (χ3n) is 6.99. The molecular weight excluding hydrogens is 432 g/mol. The van der Waals surface area contributed by atoms with Gasteiger partial charge in [-0.05, 0) is 61.2 Å². The van der Waals surface area contributed by atoms with Crippen LogP contribution < -0.4 is 10.2 Å². The number of carbonyl (C=O) groups excluding carboxylic acids is 1. The largest absolute Gasteiger partial charge is 0.497 e. The summed E-state index contributed by atoms with van der Waals surface area (Å²) >= 11 is 0. The van der Waals surface area contributed by atoms with E-state index in [0.717, 1.165) is 61.7 Å². The van der Waals surface area contributed by atoms with E-state index >= 15 is 0 Å². The van der Waals surface area contributed by atoms with Crippen molar-refractivity contribution in [2.45, 2.75) is 26.3 Å². The van der Waals surface area contributed by atoms with E-state index in [1.165, 1.54) is 0 Å². The van der Waals surface area contributed by atoms with Crippen LogP contribution in [0.5, 0.6) is 5.75 Å². The lowest BCUT2D eigenvalue weighted by Gasteiger charge is -2.29. The molecule has 34 heavy (non-hydrogen) atoms. The molecule has 2 aliphatic heterocycles. The topological polar surface area (TPSA) is 72.2 Å². The number of methoxy groups -OCH3 is 1. The summed E-state index contributed by atoms with van der Waals surface area (Å²) in [5, 5.41) is 0.517. The fraction of sp³-hybridized carbons (Fsp3) is 0.407. The highest BCUT2D eigenvalue weighted by Crippen LogP contribution is 2.39. The summed E-state index contributed by atoms with van der Waals surface area (Å²) in [7, 11) is 1.62. The second kappa shape index (κ2) is 9.24. The van der Waals surface area contributed by atoms with Crippen LogP contribution in [0, 0.1) is 13.8 Å².